The van der Waals surface area contributed by atoms with Crippen molar-refractivity contribution in [3.8, 4) is 0 Å². The topological polar surface area (TPSA) is 32.3 Å². The van der Waals surface area contributed by atoms with Crippen molar-refractivity contribution in [3.63, 3.8) is 0 Å². The summed E-state index contributed by atoms with van der Waals surface area (Å²) in [4.78, 5) is 2.51. The first-order valence-electron chi connectivity index (χ1n) is 5.58. The fourth-order valence-corrected chi connectivity index (χ4v) is 3.39. The Balaban J connectivity index is 1.81. The van der Waals surface area contributed by atoms with Crippen LogP contribution in [0.2, 0.25) is 0 Å². The van der Waals surface area contributed by atoms with E-state index in [1.165, 1.54) is 12.8 Å². The molecule has 0 bridgehead atoms. The van der Waals surface area contributed by atoms with Crippen molar-refractivity contribution < 1.29 is 4.21 Å². The molecule has 82 valence electrons. The summed E-state index contributed by atoms with van der Waals surface area (Å²) < 4.78 is 11.2. The van der Waals surface area contributed by atoms with Crippen molar-refractivity contribution in [3.05, 3.63) is 0 Å². The van der Waals surface area contributed by atoms with E-state index in [4.69, 9.17) is 0 Å². The van der Waals surface area contributed by atoms with E-state index in [9.17, 15) is 4.21 Å². The summed E-state index contributed by atoms with van der Waals surface area (Å²) in [6, 6.07) is 1.38. The Labute approximate surface area is 88.7 Å². The molecule has 0 aliphatic carbocycles. The lowest BCUT2D eigenvalue weighted by atomic mass is 10.0. The molecule has 2 saturated heterocycles. The van der Waals surface area contributed by atoms with Crippen molar-refractivity contribution in [1.29, 1.82) is 0 Å². The molecule has 2 aliphatic rings. The van der Waals surface area contributed by atoms with E-state index >= 15 is 0 Å². The van der Waals surface area contributed by atoms with Gasteiger partial charge in [-0.2, -0.15) is 0 Å². The molecule has 2 rings (SSSR count). The normalized spacial score (nSPS) is 37.2. The molecule has 0 saturated carbocycles. The first kappa shape index (κ1) is 10.6. The summed E-state index contributed by atoms with van der Waals surface area (Å²) in [6.07, 6.45) is 2.59. The molecule has 14 heavy (non-hydrogen) atoms. The van der Waals surface area contributed by atoms with E-state index in [-0.39, 0.29) is 0 Å². The Morgan fingerprint density at radius 1 is 1.29 bits per heavy atom. The summed E-state index contributed by atoms with van der Waals surface area (Å²) in [5.74, 6) is 1.76. The van der Waals surface area contributed by atoms with E-state index in [0.717, 1.165) is 31.1 Å². The van der Waals surface area contributed by atoms with Crippen LogP contribution in [-0.2, 0) is 10.8 Å². The second kappa shape index (κ2) is 4.73. The van der Waals surface area contributed by atoms with Gasteiger partial charge in [0, 0.05) is 54.0 Å². The van der Waals surface area contributed by atoms with Gasteiger partial charge in [0.1, 0.15) is 0 Å². The number of piperidine rings is 1. The third kappa shape index (κ3) is 2.55. The molecule has 0 aromatic heterocycles. The molecule has 2 atom stereocenters. The summed E-state index contributed by atoms with van der Waals surface area (Å²) in [5, 5.41) is 3.52. The molecule has 1 N–H and O–H groups in total. The lowest BCUT2D eigenvalue weighted by Gasteiger charge is -2.38. The van der Waals surface area contributed by atoms with Crippen molar-refractivity contribution in [2.45, 2.75) is 31.8 Å². The monoisotopic (exact) mass is 216 g/mol. The van der Waals surface area contributed by atoms with Crippen LogP contribution in [0.3, 0.4) is 0 Å². The van der Waals surface area contributed by atoms with Crippen molar-refractivity contribution in [2.75, 3.05) is 31.1 Å². The minimum atomic E-state index is -0.534. The summed E-state index contributed by atoms with van der Waals surface area (Å²) >= 11 is 0. The molecule has 2 heterocycles. The first-order chi connectivity index (χ1) is 6.75. The highest BCUT2D eigenvalue weighted by Gasteiger charge is 2.26. The average Bonchev–Trinajstić information content (AvgIpc) is 2.21. The summed E-state index contributed by atoms with van der Waals surface area (Å²) in [7, 11) is -0.534. The van der Waals surface area contributed by atoms with Gasteiger partial charge in [-0.15, -0.1) is 0 Å². The van der Waals surface area contributed by atoms with Gasteiger partial charge >= 0.3 is 0 Å². The minimum absolute atomic E-state index is 0.534. The highest BCUT2D eigenvalue weighted by Crippen LogP contribution is 2.15. The molecular formula is C10H20N2OS. The Kier molecular flexibility index (Phi) is 3.57. The van der Waals surface area contributed by atoms with Crippen LogP contribution < -0.4 is 5.32 Å². The molecule has 0 aromatic carbocycles. The van der Waals surface area contributed by atoms with Crippen LogP contribution in [0.15, 0.2) is 0 Å². The van der Waals surface area contributed by atoms with Crippen molar-refractivity contribution >= 4 is 10.8 Å². The van der Waals surface area contributed by atoms with E-state index in [0.29, 0.717) is 12.1 Å². The highest BCUT2D eigenvalue weighted by atomic mass is 32.2. The van der Waals surface area contributed by atoms with Gasteiger partial charge in [0.2, 0.25) is 0 Å². The summed E-state index contributed by atoms with van der Waals surface area (Å²) in [5.41, 5.74) is 0. The zero-order chi connectivity index (χ0) is 9.97. The van der Waals surface area contributed by atoms with Gasteiger partial charge in [-0.25, -0.2) is 0 Å². The fraction of sp³-hybridized carbons (Fsp3) is 1.00. The van der Waals surface area contributed by atoms with Crippen LogP contribution in [0.25, 0.3) is 0 Å². The molecule has 2 aliphatic heterocycles. The Morgan fingerprint density at radius 2 is 2.00 bits per heavy atom. The van der Waals surface area contributed by atoms with E-state index in [2.05, 4.69) is 17.1 Å². The van der Waals surface area contributed by atoms with Crippen LogP contribution >= 0.6 is 0 Å². The summed E-state index contributed by atoms with van der Waals surface area (Å²) in [6.45, 7) is 5.44. The van der Waals surface area contributed by atoms with E-state index < -0.39 is 10.8 Å². The third-order valence-electron chi connectivity index (χ3n) is 3.36. The molecule has 0 spiro atoms. The molecule has 3 nitrogen and oxygen atoms in total. The maximum absolute atomic E-state index is 11.2. The number of nitrogens with one attached hydrogen (secondary N) is 1. The second-order valence-electron chi connectivity index (χ2n) is 4.42. The van der Waals surface area contributed by atoms with E-state index in [1.54, 1.807) is 0 Å². The zero-order valence-corrected chi connectivity index (χ0v) is 9.68. The molecule has 0 aromatic rings. The number of rotatable bonds is 1. The average molecular weight is 216 g/mol. The minimum Gasteiger partial charge on any atom is -0.313 e. The smallest absolute Gasteiger partial charge is 0.0363 e. The molecular weight excluding hydrogens is 196 g/mol. The molecule has 0 amide bonds. The zero-order valence-electron chi connectivity index (χ0n) is 8.87. The Hall–Kier alpha value is 0.0700. The molecule has 0 radical (unpaired) electrons. The second-order valence-corrected chi connectivity index (χ2v) is 6.12. The van der Waals surface area contributed by atoms with Gasteiger partial charge in [-0.1, -0.05) is 0 Å². The molecule has 2 unspecified atom stereocenters. The van der Waals surface area contributed by atoms with Gasteiger partial charge in [0.15, 0.2) is 0 Å². The van der Waals surface area contributed by atoms with Gasteiger partial charge < -0.3 is 5.32 Å². The van der Waals surface area contributed by atoms with Gasteiger partial charge in [-0.3, -0.25) is 9.11 Å². The SMILES string of the molecule is CC1CCC(N2CCS(=O)CC2)CN1. The first-order valence-corrected chi connectivity index (χ1v) is 7.07. The maximum atomic E-state index is 11.2. The maximum Gasteiger partial charge on any atom is 0.0363 e. The van der Waals surface area contributed by atoms with Gasteiger partial charge in [0.05, 0.1) is 0 Å². The van der Waals surface area contributed by atoms with Gasteiger partial charge in [0.25, 0.3) is 0 Å². The van der Waals surface area contributed by atoms with Crippen LogP contribution in [0, 0.1) is 0 Å². The number of hydrogen-bond donors (Lipinski definition) is 1. The fourth-order valence-electron chi connectivity index (χ4n) is 2.31. The predicted octanol–water partition coefficient (Wildman–Crippen LogP) is 0.191. The van der Waals surface area contributed by atoms with E-state index in [1.807, 2.05) is 0 Å². The lowest BCUT2D eigenvalue weighted by molar-refractivity contribution is 0.167. The quantitative estimate of drug-likeness (QED) is 0.679. The van der Waals surface area contributed by atoms with Crippen LogP contribution in [0.5, 0.6) is 0 Å². The predicted molar refractivity (Wildman–Crippen MR) is 59.9 cm³/mol. The van der Waals surface area contributed by atoms with Crippen LogP contribution in [0.4, 0.5) is 0 Å². The Bertz CT molecular complexity index is 204. The largest absolute Gasteiger partial charge is 0.313 e. The highest BCUT2D eigenvalue weighted by molar-refractivity contribution is 7.85. The van der Waals surface area contributed by atoms with Crippen LogP contribution in [-0.4, -0.2) is 52.3 Å². The van der Waals surface area contributed by atoms with Crippen LogP contribution in [0.1, 0.15) is 19.8 Å². The Morgan fingerprint density at radius 3 is 2.57 bits per heavy atom. The number of nitrogens with zero attached hydrogens (tertiary/aromatic N) is 1. The standard InChI is InChI=1S/C10H20N2OS/c1-9-2-3-10(8-11-9)12-4-6-14(13)7-5-12/h9-11H,2-8H2,1H3. The molecule has 4 heteroatoms. The third-order valence-corrected chi connectivity index (χ3v) is 4.64. The molecule has 2 fully saturated rings. The lowest BCUT2D eigenvalue weighted by Crippen LogP contribution is -2.52. The number of hydrogen-bond acceptors (Lipinski definition) is 3. The van der Waals surface area contributed by atoms with Gasteiger partial charge in [-0.05, 0) is 19.8 Å². The van der Waals surface area contributed by atoms with Crippen molar-refractivity contribution in [1.82, 2.24) is 10.2 Å². The van der Waals surface area contributed by atoms with Crippen molar-refractivity contribution in [2.24, 2.45) is 0 Å².